The number of likely N-dealkylation sites (tertiary alicyclic amines) is 1. The molecule has 5 N–H and O–H groups in total. The highest BCUT2D eigenvalue weighted by Gasteiger charge is 2.28. The van der Waals surface area contributed by atoms with Gasteiger partial charge in [0, 0.05) is 12.2 Å². The third kappa shape index (κ3) is 4.72. The molecule has 1 fully saturated rings. The number of carbonyl (C=O) groups is 2. The third-order valence-electron chi connectivity index (χ3n) is 4.99. The molecular formula is C21H26N4O2. The van der Waals surface area contributed by atoms with E-state index in [2.05, 4.69) is 10.2 Å². The number of nitrogens with zero attached hydrogens (tertiary/aromatic N) is 1. The average molecular weight is 366 g/mol. The fraction of sp³-hybridized carbons (Fsp3) is 0.333. The molecule has 0 aliphatic carbocycles. The van der Waals surface area contributed by atoms with Crippen molar-refractivity contribution in [2.75, 3.05) is 11.9 Å². The molecule has 142 valence electrons. The van der Waals surface area contributed by atoms with Crippen molar-refractivity contribution in [1.29, 1.82) is 0 Å². The zero-order valence-electron chi connectivity index (χ0n) is 15.5. The number of anilines is 1. The van der Waals surface area contributed by atoms with Crippen LogP contribution in [0.2, 0.25) is 0 Å². The summed E-state index contributed by atoms with van der Waals surface area (Å²) in [4.78, 5) is 26.1. The summed E-state index contributed by atoms with van der Waals surface area (Å²) in [5.74, 6) is -0.534. The van der Waals surface area contributed by atoms with E-state index in [1.54, 1.807) is 0 Å². The zero-order valence-corrected chi connectivity index (χ0v) is 15.5. The summed E-state index contributed by atoms with van der Waals surface area (Å²) in [5.41, 5.74) is 15.2. The van der Waals surface area contributed by atoms with Gasteiger partial charge in [-0.2, -0.15) is 0 Å². The summed E-state index contributed by atoms with van der Waals surface area (Å²) < 4.78 is 0. The maximum atomic E-state index is 12.5. The standard InChI is InChI=1S/C21H26N4O2/c1-14-7-9-16(10-8-14)19(22)21(27)24-17-5-2-4-15(12-17)13-25-11-3-6-18(25)20(23)26/h2,4-5,7-10,12,18-19H,3,6,11,13,22H2,1H3,(H2,23,26)(H,24,27). The van der Waals surface area contributed by atoms with Crippen LogP contribution in [0.4, 0.5) is 5.69 Å². The van der Waals surface area contributed by atoms with Crippen LogP contribution in [0.25, 0.3) is 0 Å². The van der Waals surface area contributed by atoms with Gasteiger partial charge in [-0.05, 0) is 49.6 Å². The van der Waals surface area contributed by atoms with Crippen molar-refractivity contribution in [3.63, 3.8) is 0 Å². The first-order valence-corrected chi connectivity index (χ1v) is 9.19. The minimum atomic E-state index is -0.730. The predicted molar refractivity (Wildman–Crippen MR) is 106 cm³/mol. The Morgan fingerprint density at radius 2 is 1.96 bits per heavy atom. The van der Waals surface area contributed by atoms with E-state index in [1.807, 2.05) is 55.5 Å². The monoisotopic (exact) mass is 366 g/mol. The molecule has 3 rings (SSSR count). The van der Waals surface area contributed by atoms with Crippen LogP contribution in [0.3, 0.4) is 0 Å². The molecule has 2 aromatic rings. The normalized spacial score (nSPS) is 18.2. The first kappa shape index (κ1) is 19.1. The highest BCUT2D eigenvalue weighted by atomic mass is 16.2. The number of rotatable bonds is 6. The van der Waals surface area contributed by atoms with Crippen LogP contribution in [0, 0.1) is 6.92 Å². The topological polar surface area (TPSA) is 101 Å². The van der Waals surface area contributed by atoms with Gasteiger partial charge in [0.2, 0.25) is 11.8 Å². The second-order valence-electron chi connectivity index (χ2n) is 7.11. The SMILES string of the molecule is Cc1ccc(C(N)C(=O)Nc2cccc(CN3CCCC3C(N)=O)c2)cc1. The van der Waals surface area contributed by atoms with Crippen molar-refractivity contribution in [2.45, 2.75) is 38.4 Å². The number of nitrogens with two attached hydrogens (primary N) is 2. The van der Waals surface area contributed by atoms with Crippen LogP contribution in [-0.2, 0) is 16.1 Å². The molecule has 6 heteroatoms. The Morgan fingerprint density at radius 3 is 2.67 bits per heavy atom. The Bertz CT molecular complexity index is 819. The molecule has 0 bridgehead atoms. The molecule has 1 heterocycles. The van der Waals surface area contributed by atoms with E-state index in [1.165, 1.54) is 0 Å². The second-order valence-corrected chi connectivity index (χ2v) is 7.11. The highest BCUT2D eigenvalue weighted by molar-refractivity contribution is 5.95. The van der Waals surface area contributed by atoms with E-state index in [0.29, 0.717) is 12.2 Å². The van der Waals surface area contributed by atoms with E-state index in [4.69, 9.17) is 11.5 Å². The Hall–Kier alpha value is -2.70. The van der Waals surface area contributed by atoms with E-state index in [-0.39, 0.29) is 17.9 Å². The number of hydrogen-bond donors (Lipinski definition) is 3. The first-order chi connectivity index (χ1) is 12.9. The molecular weight excluding hydrogens is 340 g/mol. The summed E-state index contributed by atoms with van der Waals surface area (Å²) in [6, 6.07) is 14.3. The minimum absolute atomic E-state index is 0.210. The van der Waals surface area contributed by atoms with Gasteiger partial charge in [0.25, 0.3) is 0 Å². The molecule has 1 saturated heterocycles. The number of hydrogen-bond acceptors (Lipinski definition) is 4. The van der Waals surface area contributed by atoms with Crippen molar-refractivity contribution in [2.24, 2.45) is 11.5 Å². The van der Waals surface area contributed by atoms with Gasteiger partial charge in [0.05, 0.1) is 6.04 Å². The van der Waals surface area contributed by atoms with E-state index in [9.17, 15) is 9.59 Å². The van der Waals surface area contributed by atoms with Crippen LogP contribution < -0.4 is 16.8 Å². The third-order valence-corrected chi connectivity index (χ3v) is 4.99. The lowest BCUT2D eigenvalue weighted by molar-refractivity contribution is -0.122. The molecule has 2 amide bonds. The van der Waals surface area contributed by atoms with E-state index < -0.39 is 6.04 Å². The summed E-state index contributed by atoms with van der Waals surface area (Å²) in [6.45, 7) is 3.47. The largest absolute Gasteiger partial charge is 0.368 e. The molecule has 27 heavy (non-hydrogen) atoms. The van der Waals surface area contributed by atoms with Gasteiger partial charge in [-0.15, -0.1) is 0 Å². The quantitative estimate of drug-likeness (QED) is 0.728. The Balaban J connectivity index is 1.65. The number of aryl methyl sites for hydroxylation is 1. The first-order valence-electron chi connectivity index (χ1n) is 9.19. The molecule has 0 saturated carbocycles. The lowest BCUT2D eigenvalue weighted by atomic mass is 10.1. The number of primary amides is 1. The molecule has 2 atom stereocenters. The summed E-state index contributed by atoms with van der Waals surface area (Å²) in [5, 5.41) is 2.88. The average Bonchev–Trinajstić information content (AvgIpc) is 3.10. The van der Waals surface area contributed by atoms with Crippen LogP contribution >= 0.6 is 0 Å². The molecule has 2 aromatic carbocycles. The second kappa shape index (κ2) is 8.33. The van der Waals surface area contributed by atoms with Gasteiger partial charge in [-0.25, -0.2) is 0 Å². The van der Waals surface area contributed by atoms with Crippen LogP contribution in [0.15, 0.2) is 48.5 Å². The number of benzene rings is 2. The van der Waals surface area contributed by atoms with Crippen molar-refractivity contribution in [3.8, 4) is 0 Å². The Kier molecular flexibility index (Phi) is 5.88. The maximum absolute atomic E-state index is 12.5. The molecule has 1 aliphatic rings. The molecule has 0 radical (unpaired) electrons. The van der Waals surface area contributed by atoms with Gasteiger partial charge >= 0.3 is 0 Å². The fourth-order valence-electron chi connectivity index (χ4n) is 3.46. The van der Waals surface area contributed by atoms with Crippen LogP contribution in [0.5, 0.6) is 0 Å². The van der Waals surface area contributed by atoms with E-state index >= 15 is 0 Å². The maximum Gasteiger partial charge on any atom is 0.245 e. The van der Waals surface area contributed by atoms with Crippen LogP contribution in [0.1, 0.15) is 35.6 Å². The molecule has 1 aliphatic heterocycles. The lowest BCUT2D eigenvalue weighted by Gasteiger charge is -2.22. The number of carbonyl (C=O) groups excluding carboxylic acids is 2. The van der Waals surface area contributed by atoms with Gasteiger partial charge in [-0.1, -0.05) is 42.0 Å². The molecule has 0 aromatic heterocycles. The molecule has 6 nitrogen and oxygen atoms in total. The number of nitrogens with one attached hydrogen (secondary N) is 1. The van der Waals surface area contributed by atoms with Gasteiger partial charge in [-0.3, -0.25) is 14.5 Å². The zero-order chi connectivity index (χ0) is 19.4. The van der Waals surface area contributed by atoms with Crippen molar-refractivity contribution >= 4 is 17.5 Å². The molecule has 2 unspecified atom stereocenters. The van der Waals surface area contributed by atoms with Crippen molar-refractivity contribution in [1.82, 2.24) is 4.90 Å². The predicted octanol–water partition coefficient (Wildman–Crippen LogP) is 2.08. The summed E-state index contributed by atoms with van der Waals surface area (Å²) in [7, 11) is 0. The summed E-state index contributed by atoms with van der Waals surface area (Å²) >= 11 is 0. The van der Waals surface area contributed by atoms with Gasteiger partial charge in [0.15, 0.2) is 0 Å². The number of amides is 2. The smallest absolute Gasteiger partial charge is 0.245 e. The van der Waals surface area contributed by atoms with Crippen molar-refractivity contribution < 1.29 is 9.59 Å². The van der Waals surface area contributed by atoms with E-state index in [0.717, 1.165) is 36.1 Å². The lowest BCUT2D eigenvalue weighted by Crippen LogP contribution is -2.39. The minimum Gasteiger partial charge on any atom is -0.368 e. The van der Waals surface area contributed by atoms with Crippen molar-refractivity contribution in [3.05, 3.63) is 65.2 Å². The van der Waals surface area contributed by atoms with Crippen LogP contribution in [-0.4, -0.2) is 29.3 Å². The fourth-order valence-corrected chi connectivity index (χ4v) is 3.46. The van der Waals surface area contributed by atoms with Gasteiger partial charge in [0.1, 0.15) is 6.04 Å². The Morgan fingerprint density at radius 1 is 1.22 bits per heavy atom. The summed E-state index contributed by atoms with van der Waals surface area (Å²) in [6.07, 6.45) is 1.77. The Labute approximate surface area is 159 Å². The van der Waals surface area contributed by atoms with Gasteiger partial charge < -0.3 is 16.8 Å². The highest BCUT2D eigenvalue weighted by Crippen LogP contribution is 2.22. The molecule has 0 spiro atoms.